The summed E-state index contributed by atoms with van der Waals surface area (Å²) in [5, 5.41) is 6.63. The predicted molar refractivity (Wildman–Crippen MR) is 77.3 cm³/mol. The standard InChI is InChI=1S/C11H13BrN4O2S/c1-2-8-6-11(15-14-8)16-19(17,18)10-5-7(13)3-4-9(10)12/h3-6H,2,13H2,1H3,(H2,14,15,16). The predicted octanol–water partition coefficient (Wildman–Crippen LogP) is 2.12. The van der Waals surface area contributed by atoms with Crippen molar-refractivity contribution in [3.8, 4) is 0 Å². The largest absolute Gasteiger partial charge is 0.399 e. The summed E-state index contributed by atoms with van der Waals surface area (Å²) in [6.07, 6.45) is 0.747. The van der Waals surface area contributed by atoms with Gasteiger partial charge in [0, 0.05) is 21.9 Å². The van der Waals surface area contributed by atoms with Crippen molar-refractivity contribution in [1.29, 1.82) is 0 Å². The number of anilines is 2. The van der Waals surface area contributed by atoms with Crippen molar-refractivity contribution >= 4 is 37.5 Å². The van der Waals surface area contributed by atoms with E-state index < -0.39 is 10.0 Å². The summed E-state index contributed by atoms with van der Waals surface area (Å²) in [5.41, 5.74) is 6.83. The molecule has 1 heterocycles. The van der Waals surface area contributed by atoms with Crippen LogP contribution in [0.25, 0.3) is 0 Å². The van der Waals surface area contributed by atoms with Crippen LogP contribution in [0.4, 0.5) is 11.5 Å². The van der Waals surface area contributed by atoms with E-state index in [4.69, 9.17) is 5.73 Å². The van der Waals surface area contributed by atoms with Gasteiger partial charge in [0.2, 0.25) is 0 Å². The fraction of sp³-hybridized carbons (Fsp3) is 0.182. The molecule has 0 bridgehead atoms. The lowest BCUT2D eigenvalue weighted by atomic mass is 10.3. The zero-order valence-corrected chi connectivity index (χ0v) is 12.5. The van der Waals surface area contributed by atoms with E-state index in [1.807, 2.05) is 6.92 Å². The molecule has 0 aliphatic rings. The highest BCUT2D eigenvalue weighted by molar-refractivity contribution is 9.10. The molecule has 2 rings (SSSR count). The fourth-order valence-corrected chi connectivity index (χ4v) is 3.51. The van der Waals surface area contributed by atoms with Crippen LogP contribution in [0, 0.1) is 0 Å². The Balaban J connectivity index is 2.34. The van der Waals surface area contributed by atoms with E-state index in [1.54, 1.807) is 18.2 Å². The van der Waals surface area contributed by atoms with E-state index in [0.717, 1.165) is 12.1 Å². The fourth-order valence-electron chi connectivity index (χ4n) is 1.51. The number of nitrogen functional groups attached to an aromatic ring is 1. The quantitative estimate of drug-likeness (QED) is 0.739. The molecular weight excluding hydrogens is 332 g/mol. The van der Waals surface area contributed by atoms with Crippen LogP contribution in [0.1, 0.15) is 12.6 Å². The molecule has 4 N–H and O–H groups in total. The van der Waals surface area contributed by atoms with E-state index in [1.165, 1.54) is 6.07 Å². The highest BCUT2D eigenvalue weighted by Gasteiger charge is 2.19. The number of aromatic nitrogens is 2. The van der Waals surface area contributed by atoms with E-state index in [9.17, 15) is 8.42 Å². The molecule has 0 amide bonds. The molecule has 1 aromatic heterocycles. The van der Waals surface area contributed by atoms with Crippen molar-refractivity contribution in [1.82, 2.24) is 10.2 Å². The molecule has 19 heavy (non-hydrogen) atoms. The lowest BCUT2D eigenvalue weighted by Gasteiger charge is -2.08. The van der Waals surface area contributed by atoms with Gasteiger partial charge in [-0.05, 0) is 40.5 Å². The van der Waals surface area contributed by atoms with Gasteiger partial charge in [0.25, 0.3) is 10.0 Å². The number of nitrogens with one attached hydrogen (secondary N) is 2. The van der Waals surface area contributed by atoms with Gasteiger partial charge < -0.3 is 5.73 Å². The highest BCUT2D eigenvalue weighted by atomic mass is 79.9. The van der Waals surface area contributed by atoms with Crippen LogP contribution in [0.2, 0.25) is 0 Å². The molecule has 8 heteroatoms. The van der Waals surface area contributed by atoms with Crippen molar-refractivity contribution in [3.63, 3.8) is 0 Å². The minimum absolute atomic E-state index is 0.0774. The minimum Gasteiger partial charge on any atom is -0.399 e. The Labute approximate surface area is 119 Å². The van der Waals surface area contributed by atoms with Crippen LogP contribution >= 0.6 is 15.9 Å². The lowest BCUT2D eigenvalue weighted by Crippen LogP contribution is -2.14. The van der Waals surface area contributed by atoms with Gasteiger partial charge in [-0.15, -0.1) is 0 Å². The maximum absolute atomic E-state index is 12.2. The molecule has 102 valence electrons. The molecule has 0 aliphatic carbocycles. The zero-order valence-electron chi connectivity index (χ0n) is 10.1. The summed E-state index contributed by atoms with van der Waals surface area (Å²) >= 11 is 3.20. The second-order valence-corrected chi connectivity index (χ2v) is 6.43. The topological polar surface area (TPSA) is 101 Å². The molecule has 2 aromatic rings. The normalized spacial score (nSPS) is 11.5. The summed E-state index contributed by atoms with van der Waals surface area (Å²) in [4.78, 5) is 0.0774. The van der Waals surface area contributed by atoms with Crippen molar-refractivity contribution in [2.24, 2.45) is 0 Å². The van der Waals surface area contributed by atoms with Gasteiger partial charge >= 0.3 is 0 Å². The van der Waals surface area contributed by atoms with Gasteiger partial charge in [-0.2, -0.15) is 5.10 Å². The first kappa shape index (κ1) is 13.9. The molecule has 0 aliphatic heterocycles. The second-order valence-electron chi connectivity index (χ2n) is 3.93. The first-order valence-corrected chi connectivity index (χ1v) is 7.82. The Morgan fingerprint density at radius 1 is 1.42 bits per heavy atom. The molecule has 1 aromatic carbocycles. The number of hydrogen-bond donors (Lipinski definition) is 3. The number of aryl methyl sites for hydroxylation is 1. The summed E-state index contributed by atoms with van der Waals surface area (Å²) in [6, 6.07) is 6.25. The van der Waals surface area contributed by atoms with Crippen molar-refractivity contribution < 1.29 is 8.42 Å². The molecule has 6 nitrogen and oxygen atoms in total. The molecule has 0 fully saturated rings. The van der Waals surface area contributed by atoms with Crippen LogP contribution in [0.3, 0.4) is 0 Å². The van der Waals surface area contributed by atoms with Crippen LogP contribution < -0.4 is 10.5 Å². The van der Waals surface area contributed by atoms with Gasteiger partial charge in [-0.1, -0.05) is 6.92 Å². The number of aromatic amines is 1. The van der Waals surface area contributed by atoms with Crippen LogP contribution in [0.5, 0.6) is 0 Å². The van der Waals surface area contributed by atoms with E-state index in [-0.39, 0.29) is 10.7 Å². The maximum atomic E-state index is 12.2. The highest BCUT2D eigenvalue weighted by Crippen LogP contribution is 2.25. The smallest absolute Gasteiger partial charge is 0.264 e. The molecule has 0 radical (unpaired) electrons. The summed E-state index contributed by atoms with van der Waals surface area (Å²) in [5.74, 6) is 0.256. The number of rotatable bonds is 4. The van der Waals surface area contributed by atoms with Crippen molar-refractivity contribution in [2.75, 3.05) is 10.5 Å². The van der Waals surface area contributed by atoms with Crippen molar-refractivity contribution in [2.45, 2.75) is 18.2 Å². The molecule has 0 spiro atoms. The number of H-pyrrole nitrogens is 1. The average molecular weight is 345 g/mol. The third-order valence-corrected chi connectivity index (χ3v) is 4.84. The third-order valence-electron chi connectivity index (χ3n) is 2.50. The van der Waals surface area contributed by atoms with E-state index in [2.05, 4.69) is 30.8 Å². The second kappa shape index (κ2) is 5.22. The molecular formula is C11H13BrN4O2S. The van der Waals surface area contributed by atoms with Gasteiger partial charge in [0.05, 0.1) is 0 Å². The molecule has 0 unspecified atom stereocenters. The lowest BCUT2D eigenvalue weighted by molar-refractivity contribution is 0.600. The van der Waals surface area contributed by atoms with E-state index >= 15 is 0 Å². The number of sulfonamides is 1. The van der Waals surface area contributed by atoms with Crippen LogP contribution in [-0.2, 0) is 16.4 Å². The monoisotopic (exact) mass is 344 g/mol. The number of hydrogen-bond acceptors (Lipinski definition) is 4. The van der Waals surface area contributed by atoms with E-state index in [0.29, 0.717) is 10.2 Å². The Morgan fingerprint density at radius 2 is 2.16 bits per heavy atom. The SMILES string of the molecule is CCc1cc(NS(=O)(=O)c2cc(N)ccc2Br)n[nH]1. The molecule has 0 saturated heterocycles. The van der Waals surface area contributed by atoms with Crippen LogP contribution in [-0.4, -0.2) is 18.6 Å². The Hall–Kier alpha value is -1.54. The first-order valence-electron chi connectivity index (χ1n) is 5.54. The van der Waals surface area contributed by atoms with Crippen molar-refractivity contribution in [3.05, 3.63) is 34.4 Å². The Morgan fingerprint density at radius 3 is 2.79 bits per heavy atom. The Kier molecular flexibility index (Phi) is 3.81. The van der Waals surface area contributed by atoms with Gasteiger partial charge in [0.15, 0.2) is 5.82 Å². The minimum atomic E-state index is -3.72. The summed E-state index contributed by atoms with van der Waals surface area (Å²) in [6.45, 7) is 1.94. The van der Waals surface area contributed by atoms with Gasteiger partial charge in [-0.3, -0.25) is 9.82 Å². The number of benzene rings is 1. The molecule has 0 atom stereocenters. The zero-order chi connectivity index (χ0) is 14.0. The summed E-state index contributed by atoms with van der Waals surface area (Å²) in [7, 11) is -3.72. The maximum Gasteiger partial charge on any atom is 0.264 e. The first-order chi connectivity index (χ1) is 8.92. The third kappa shape index (κ3) is 3.07. The average Bonchev–Trinajstić information content (AvgIpc) is 2.79. The summed E-state index contributed by atoms with van der Waals surface area (Å²) < 4.78 is 27.3. The Bertz CT molecular complexity index is 696. The van der Waals surface area contributed by atoms with Crippen LogP contribution in [0.15, 0.2) is 33.6 Å². The molecule has 0 saturated carbocycles. The number of halogens is 1. The number of nitrogens with two attached hydrogens (primary N) is 1. The van der Waals surface area contributed by atoms with Gasteiger partial charge in [-0.25, -0.2) is 8.42 Å². The number of nitrogens with zero attached hydrogens (tertiary/aromatic N) is 1. The van der Waals surface area contributed by atoms with Gasteiger partial charge in [0.1, 0.15) is 4.90 Å².